The van der Waals surface area contributed by atoms with Gasteiger partial charge in [-0.2, -0.15) is 5.26 Å². The predicted molar refractivity (Wildman–Crippen MR) is 44.2 cm³/mol. The topological polar surface area (TPSA) is 78.7 Å². The predicted octanol–water partition coefficient (Wildman–Crippen LogP) is -0.0386. The van der Waals surface area contributed by atoms with Crippen LogP contribution in [0.4, 0.5) is 0 Å². The number of hydrogen-bond donors (Lipinski definition) is 1. The average molecular weight is 176 g/mol. The molecule has 1 atom stereocenters. The Labute approximate surface area is 75.4 Å². The zero-order valence-electron chi connectivity index (χ0n) is 7.06. The number of carbonyl (C=O) groups excluding carboxylic acids is 1. The third-order valence-corrected chi connectivity index (χ3v) is 1.65. The van der Waals surface area contributed by atoms with Gasteiger partial charge in [-0.25, -0.2) is 0 Å². The van der Waals surface area contributed by atoms with Crippen molar-refractivity contribution in [1.29, 1.82) is 5.26 Å². The molecule has 0 spiro atoms. The molecule has 0 aliphatic rings. The highest BCUT2D eigenvalue weighted by atomic mass is 16.1. The second-order valence-corrected chi connectivity index (χ2v) is 2.59. The summed E-state index contributed by atoms with van der Waals surface area (Å²) in [6.07, 6.45) is 4.89. The van der Waals surface area contributed by atoms with Crippen molar-refractivity contribution < 1.29 is 4.79 Å². The zero-order valence-corrected chi connectivity index (χ0v) is 7.06. The molecular weight excluding hydrogens is 168 g/mol. The van der Waals surface area contributed by atoms with E-state index in [1.807, 2.05) is 6.07 Å². The molecule has 0 bridgehead atoms. The van der Waals surface area contributed by atoms with Gasteiger partial charge in [0.05, 0.1) is 18.0 Å². The van der Waals surface area contributed by atoms with Crippen LogP contribution in [-0.2, 0) is 10.3 Å². The smallest absolute Gasteiger partial charge is 0.208 e. The molecule has 0 fully saturated rings. The van der Waals surface area contributed by atoms with E-state index in [1.54, 1.807) is 6.92 Å². The largest absolute Gasteiger partial charge is 0.336 e. The van der Waals surface area contributed by atoms with Crippen LogP contribution in [0.1, 0.15) is 12.6 Å². The highest BCUT2D eigenvalue weighted by molar-refractivity contribution is 5.50. The molecular formula is C8H8N4O. The molecule has 13 heavy (non-hydrogen) atoms. The molecule has 1 heterocycles. The van der Waals surface area contributed by atoms with Crippen LogP contribution in [-0.4, -0.2) is 16.4 Å². The third-order valence-electron chi connectivity index (χ3n) is 1.65. The fraction of sp³-hybridized carbons (Fsp3) is 0.250. The summed E-state index contributed by atoms with van der Waals surface area (Å²) >= 11 is 0. The molecule has 0 saturated heterocycles. The summed E-state index contributed by atoms with van der Waals surface area (Å²) in [5, 5.41) is 11.2. The number of rotatable bonds is 3. The van der Waals surface area contributed by atoms with Crippen molar-refractivity contribution in [2.24, 2.45) is 0 Å². The first-order valence-electron chi connectivity index (χ1n) is 3.62. The number of hydrogen-bond acceptors (Lipinski definition) is 4. The van der Waals surface area contributed by atoms with E-state index in [0.717, 1.165) is 0 Å². The molecule has 0 aromatic carbocycles. The van der Waals surface area contributed by atoms with E-state index in [1.165, 1.54) is 18.6 Å². The lowest BCUT2D eigenvalue weighted by atomic mass is 10.0. The highest BCUT2D eigenvalue weighted by Gasteiger charge is 2.26. The molecule has 66 valence electrons. The van der Waals surface area contributed by atoms with Crippen molar-refractivity contribution in [2.75, 3.05) is 0 Å². The van der Waals surface area contributed by atoms with Gasteiger partial charge in [0.2, 0.25) is 6.41 Å². The summed E-state index contributed by atoms with van der Waals surface area (Å²) in [5.41, 5.74) is -0.680. The number of carbonyl (C=O) groups is 1. The van der Waals surface area contributed by atoms with Gasteiger partial charge >= 0.3 is 0 Å². The normalized spacial score (nSPS) is 13.8. The summed E-state index contributed by atoms with van der Waals surface area (Å²) in [5.74, 6) is 0. The van der Waals surface area contributed by atoms with E-state index >= 15 is 0 Å². The van der Waals surface area contributed by atoms with E-state index in [2.05, 4.69) is 15.3 Å². The van der Waals surface area contributed by atoms with Crippen molar-refractivity contribution in [3.05, 3.63) is 24.3 Å². The average Bonchev–Trinajstić information content (AvgIpc) is 2.19. The van der Waals surface area contributed by atoms with Gasteiger partial charge in [-0.1, -0.05) is 0 Å². The van der Waals surface area contributed by atoms with Gasteiger partial charge in [0.1, 0.15) is 0 Å². The summed E-state index contributed by atoms with van der Waals surface area (Å²) in [6.45, 7) is 1.56. The standard InChI is InChI=1S/C8H8N4O/c1-8(5-9,12-6-13)7-4-10-2-3-11-7/h2-4,6H,1H3,(H,12,13). The molecule has 1 aromatic heterocycles. The minimum Gasteiger partial charge on any atom is -0.336 e. The molecule has 1 unspecified atom stereocenters. The van der Waals surface area contributed by atoms with Crippen molar-refractivity contribution >= 4 is 6.41 Å². The molecule has 5 heteroatoms. The Bertz CT molecular complexity index is 332. The molecule has 1 rings (SSSR count). The van der Waals surface area contributed by atoms with Gasteiger partial charge in [0, 0.05) is 12.4 Å². The zero-order chi connectivity index (χ0) is 9.73. The second kappa shape index (κ2) is 3.63. The molecule has 0 saturated carbocycles. The summed E-state index contributed by atoms with van der Waals surface area (Å²) in [6, 6.07) is 1.95. The first kappa shape index (κ1) is 9.13. The molecule has 0 radical (unpaired) electrons. The van der Waals surface area contributed by atoms with Gasteiger partial charge in [-0.05, 0) is 6.92 Å². The molecule has 1 amide bonds. The fourth-order valence-electron chi connectivity index (χ4n) is 0.839. The van der Waals surface area contributed by atoms with Gasteiger partial charge in [0.25, 0.3) is 0 Å². The lowest BCUT2D eigenvalue weighted by Crippen LogP contribution is -2.37. The van der Waals surface area contributed by atoms with Gasteiger partial charge in [-0.3, -0.25) is 14.8 Å². The number of nitrogens with zero attached hydrogens (tertiary/aromatic N) is 3. The quantitative estimate of drug-likeness (QED) is 0.655. The summed E-state index contributed by atoms with van der Waals surface area (Å²) in [7, 11) is 0. The first-order valence-corrected chi connectivity index (χ1v) is 3.62. The monoisotopic (exact) mass is 176 g/mol. The van der Waals surface area contributed by atoms with E-state index in [4.69, 9.17) is 5.26 Å². The maximum atomic E-state index is 10.2. The van der Waals surface area contributed by atoms with Crippen LogP contribution < -0.4 is 5.32 Å². The highest BCUT2D eigenvalue weighted by Crippen LogP contribution is 2.14. The minimum absolute atomic E-state index is 0.421. The van der Waals surface area contributed by atoms with Crippen LogP contribution in [0, 0.1) is 11.3 Å². The Balaban J connectivity index is 3.04. The van der Waals surface area contributed by atoms with Crippen molar-refractivity contribution in [3.8, 4) is 6.07 Å². The molecule has 5 nitrogen and oxygen atoms in total. The van der Waals surface area contributed by atoms with Crippen LogP contribution in [0.3, 0.4) is 0 Å². The van der Waals surface area contributed by atoms with E-state index < -0.39 is 5.54 Å². The van der Waals surface area contributed by atoms with Gasteiger partial charge < -0.3 is 5.32 Å². The molecule has 1 aromatic rings. The summed E-state index contributed by atoms with van der Waals surface area (Å²) in [4.78, 5) is 18.0. The van der Waals surface area contributed by atoms with Crippen molar-refractivity contribution in [1.82, 2.24) is 15.3 Å². The molecule has 0 aliphatic heterocycles. The number of nitrogens with one attached hydrogen (secondary N) is 1. The lowest BCUT2D eigenvalue weighted by molar-refractivity contribution is -0.110. The van der Waals surface area contributed by atoms with Crippen LogP contribution >= 0.6 is 0 Å². The van der Waals surface area contributed by atoms with Crippen LogP contribution in [0.5, 0.6) is 0 Å². The Hall–Kier alpha value is -1.96. The van der Waals surface area contributed by atoms with Crippen LogP contribution in [0.15, 0.2) is 18.6 Å². The van der Waals surface area contributed by atoms with E-state index in [-0.39, 0.29) is 0 Å². The Morgan fingerprint density at radius 3 is 2.92 bits per heavy atom. The van der Waals surface area contributed by atoms with E-state index in [9.17, 15) is 4.79 Å². The number of amides is 1. The first-order chi connectivity index (χ1) is 6.23. The van der Waals surface area contributed by atoms with Gasteiger partial charge in [-0.15, -0.1) is 0 Å². The molecule has 1 N–H and O–H groups in total. The van der Waals surface area contributed by atoms with Crippen LogP contribution in [0.25, 0.3) is 0 Å². The second-order valence-electron chi connectivity index (χ2n) is 2.59. The number of aromatic nitrogens is 2. The van der Waals surface area contributed by atoms with Crippen LogP contribution in [0.2, 0.25) is 0 Å². The van der Waals surface area contributed by atoms with Crippen molar-refractivity contribution in [2.45, 2.75) is 12.5 Å². The molecule has 0 aliphatic carbocycles. The summed E-state index contributed by atoms with van der Waals surface area (Å²) < 4.78 is 0. The third kappa shape index (κ3) is 1.79. The van der Waals surface area contributed by atoms with E-state index in [0.29, 0.717) is 12.1 Å². The maximum Gasteiger partial charge on any atom is 0.208 e. The lowest BCUT2D eigenvalue weighted by Gasteiger charge is -2.18. The fourth-order valence-corrected chi connectivity index (χ4v) is 0.839. The Morgan fingerprint density at radius 2 is 2.46 bits per heavy atom. The van der Waals surface area contributed by atoms with Crippen molar-refractivity contribution in [3.63, 3.8) is 0 Å². The minimum atomic E-state index is -1.10. The Kier molecular flexibility index (Phi) is 2.55. The number of nitriles is 1. The maximum absolute atomic E-state index is 10.2. The van der Waals surface area contributed by atoms with Gasteiger partial charge in [0.15, 0.2) is 5.54 Å². The SMILES string of the molecule is CC(C#N)(NC=O)c1cnccn1. The Morgan fingerprint density at radius 1 is 1.69 bits per heavy atom.